The molecule has 2 unspecified atom stereocenters. The largest absolute Gasteiger partial charge is 0.481 e. The van der Waals surface area contributed by atoms with Crippen LogP contribution in [0.5, 0.6) is 0 Å². The van der Waals surface area contributed by atoms with Crippen molar-refractivity contribution >= 4 is 5.97 Å². The molecular formula is C15H22O3. The fourth-order valence-electron chi connectivity index (χ4n) is 1.99. The third kappa shape index (κ3) is 3.33. The maximum absolute atomic E-state index is 11.6. The topological polar surface area (TPSA) is 57.5 Å². The van der Waals surface area contributed by atoms with Crippen LogP contribution in [0.1, 0.15) is 37.8 Å². The van der Waals surface area contributed by atoms with Crippen LogP contribution in [0.25, 0.3) is 0 Å². The third-order valence-electron chi connectivity index (χ3n) is 3.58. The molecule has 18 heavy (non-hydrogen) atoms. The van der Waals surface area contributed by atoms with Gasteiger partial charge in [-0.3, -0.25) is 4.79 Å². The highest BCUT2D eigenvalue weighted by molar-refractivity contribution is 5.80. The molecule has 1 aromatic carbocycles. The van der Waals surface area contributed by atoms with Gasteiger partial charge in [-0.05, 0) is 38.2 Å². The number of aryl methyl sites for hydroxylation is 1. The Bertz CT molecular complexity index is 414. The predicted octanol–water partition coefficient (Wildman–Crippen LogP) is 2.75. The van der Waals surface area contributed by atoms with Crippen molar-refractivity contribution in [3.8, 4) is 0 Å². The fourth-order valence-corrected chi connectivity index (χ4v) is 1.99. The predicted molar refractivity (Wildman–Crippen MR) is 71.7 cm³/mol. The van der Waals surface area contributed by atoms with Gasteiger partial charge in [0.15, 0.2) is 0 Å². The number of carbonyl (C=O) groups is 1. The molecule has 2 atom stereocenters. The second-order valence-corrected chi connectivity index (χ2v) is 5.33. The van der Waals surface area contributed by atoms with Crippen LogP contribution in [0.2, 0.25) is 0 Å². The van der Waals surface area contributed by atoms with Gasteiger partial charge in [0.2, 0.25) is 0 Å². The summed E-state index contributed by atoms with van der Waals surface area (Å²) in [5.74, 6) is -0.674. The monoisotopic (exact) mass is 250 g/mol. The summed E-state index contributed by atoms with van der Waals surface area (Å²) < 4.78 is 0. The average Bonchev–Trinajstić information content (AvgIpc) is 2.35. The molecular weight excluding hydrogens is 228 g/mol. The van der Waals surface area contributed by atoms with E-state index in [2.05, 4.69) is 0 Å². The molecule has 0 saturated carbocycles. The molecule has 1 aromatic rings. The van der Waals surface area contributed by atoms with Crippen LogP contribution in [0.15, 0.2) is 24.3 Å². The standard InChI is InChI=1S/C15H22O3/c1-11-5-4-6-13(9-11)15(3,14(17)18)8-7-12(2)10-16/h4-6,9,12,16H,7-8,10H2,1-3H3,(H,17,18). The first-order valence-corrected chi connectivity index (χ1v) is 6.31. The Morgan fingerprint density at radius 2 is 2.11 bits per heavy atom. The number of aliphatic hydroxyl groups excluding tert-OH is 1. The summed E-state index contributed by atoms with van der Waals surface area (Å²) >= 11 is 0. The molecule has 0 spiro atoms. The first-order chi connectivity index (χ1) is 8.40. The minimum Gasteiger partial charge on any atom is -0.481 e. The summed E-state index contributed by atoms with van der Waals surface area (Å²) in [6.45, 7) is 5.75. The van der Waals surface area contributed by atoms with Crippen molar-refractivity contribution in [3.05, 3.63) is 35.4 Å². The van der Waals surface area contributed by atoms with Crippen LogP contribution in [-0.2, 0) is 10.2 Å². The van der Waals surface area contributed by atoms with Crippen LogP contribution in [0.4, 0.5) is 0 Å². The fraction of sp³-hybridized carbons (Fsp3) is 0.533. The Balaban J connectivity index is 2.97. The molecule has 0 fully saturated rings. The number of carboxylic acids is 1. The molecule has 2 N–H and O–H groups in total. The number of aliphatic hydroxyl groups is 1. The van der Waals surface area contributed by atoms with Gasteiger partial charge in [0.25, 0.3) is 0 Å². The molecule has 0 aromatic heterocycles. The second-order valence-electron chi connectivity index (χ2n) is 5.33. The Labute approximate surface area is 108 Å². The molecule has 3 nitrogen and oxygen atoms in total. The molecule has 0 aliphatic heterocycles. The summed E-state index contributed by atoms with van der Waals surface area (Å²) in [5, 5.41) is 18.5. The van der Waals surface area contributed by atoms with Crippen LogP contribution in [0.3, 0.4) is 0 Å². The zero-order valence-electron chi connectivity index (χ0n) is 11.3. The molecule has 0 saturated heterocycles. The first kappa shape index (κ1) is 14.7. The number of aliphatic carboxylic acids is 1. The Morgan fingerprint density at radius 1 is 1.44 bits per heavy atom. The lowest BCUT2D eigenvalue weighted by molar-refractivity contribution is -0.143. The van der Waals surface area contributed by atoms with Crippen LogP contribution in [-0.4, -0.2) is 22.8 Å². The highest BCUT2D eigenvalue weighted by atomic mass is 16.4. The number of benzene rings is 1. The highest BCUT2D eigenvalue weighted by Gasteiger charge is 2.35. The minimum absolute atomic E-state index is 0.101. The van der Waals surface area contributed by atoms with Crippen molar-refractivity contribution < 1.29 is 15.0 Å². The first-order valence-electron chi connectivity index (χ1n) is 6.31. The molecule has 0 aliphatic carbocycles. The van der Waals surface area contributed by atoms with Gasteiger partial charge in [0, 0.05) is 6.61 Å². The van der Waals surface area contributed by atoms with Crippen molar-refractivity contribution in [2.24, 2.45) is 5.92 Å². The van der Waals surface area contributed by atoms with Gasteiger partial charge in [-0.2, -0.15) is 0 Å². The highest BCUT2D eigenvalue weighted by Crippen LogP contribution is 2.31. The lowest BCUT2D eigenvalue weighted by atomic mass is 9.77. The average molecular weight is 250 g/mol. The molecule has 0 radical (unpaired) electrons. The quantitative estimate of drug-likeness (QED) is 0.816. The van der Waals surface area contributed by atoms with E-state index >= 15 is 0 Å². The maximum Gasteiger partial charge on any atom is 0.313 e. The van der Waals surface area contributed by atoms with Crippen molar-refractivity contribution in [3.63, 3.8) is 0 Å². The minimum atomic E-state index is -0.880. The van der Waals surface area contributed by atoms with Gasteiger partial charge < -0.3 is 10.2 Å². The van der Waals surface area contributed by atoms with E-state index in [9.17, 15) is 9.90 Å². The number of rotatable bonds is 6. The number of carboxylic acid groups (broad SMARTS) is 1. The zero-order valence-corrected chi connectivity index (χ0v) is 11.3. The molecule has 0 amide bonds. The second kappa shape index (κ2) is 6.01. The van der Waals surface area contributed by atoms with E-state index < -0.39 is 11.4 Å². The smallest absolute Gasteiger partial charge is 0.313 e. The SMILES string of the molecule is Cc1cccc(C(C)(CCC(C)CO)C(=O)O)c1. The van der Waals surface area contributed by atoms with E-state index in [1.54, 1.807) is 6.92 Å². The van der Waals surface area contributed by atoms with Gasteiger partial charge in [-0.25, -0.2) is 0 Å². The molecule has 0 heterocycles. The third-order valence-corrected chi connectivity index (χ3v) is 3.58. The van der Waals surface area contributed by atoms with Crippen molar-refractivity contribution in [2.45, 2.75) is 39.0 Å². The van der Waals surface area contributed by atoms with Crippen molar-refractivity contribution in [1.82, 2.24) is 0 Å². The van der Waals surface area contributed by atoms with Gasteiger partial charge in [-0.15, -0.1) is 0 Å². The lowest BCUT2D eigenvalue weighted by Crippen LogP contribution is -2.33. The Hall–Kier alpha value is -1.35. The van der Waals surface area contributed by atoms with E-state index in [-0.39, 0.29) is 12.5 Å². The van der Waals surface area contributed by atoms with E-state index in [0.717, 1.165) is 11.1 Å². The molecule has 1 rings (SSSR count). The zero-order chi connectivity index (χ0) is 13.8. The van der Waals surface area contributed by atoms with Gasteiger partial charge >= 0.3 is 5.97 Å². The number of hydrogen-bond acceptors (Lipinski definition) is 2. The Morgan fingerprint density at radius 3 is 2.61 bits per heavy atom. The molecule has 0 bridgehead atoms. The van der Waals surface area contributed by atoms with E-state index in [4.69, 9.17) is 5.11 Å². The summed E-state index contributed by atoms with van der Waals surface area (Å²) in [6, 6.07) is 7.64. The summed E-state index contributed by atoms with van der Waals surface area (Å²) in [5.41, 5.74) is 1.02. The van der Waals surface area contributed by atoms with E-state index in [0.29, 0.717) is 12.8 Å². The van der Waals surface area contributed by atoms with E-state index in [1.165, 1.54) is 0 Å². The van der Waals surface area contributed by atoms with Gasteiger partial charge in [0.1, 0.15) is 0 Å². The van der Waals surface area contributed by atoms with Gasteiger partial charge in [-0.1, -0.05) is 36.8 Å². The molecule has 100 valence electrons. The number of hydrogen-bond donors (Lipinski definition) is 2. The molecule has 3 heteroatoms. The van der Waals surface area contributed by atoms with Crippen LogP contribution < -0.4 is 0 Å². The van der Waals surface area contributed by atoms with Crippen LogP contribution in [0, 0.1) is 12.8 Å². The van der Waals surface area contributed by atoms with Crippen molar-refractivity contribution in [1.29, 1.82) is 0 Å². The Kier molecular flexibility index (Phi) is 4.91. The normalized spacial score (nSPS) is 16.0. The lowest BCUT2D eigenvalue weighted by Gasteiger charge is -2.27. The summed E-state index contributed by atoms with van der Waals surface area (Å²) in [7, 11) is 0. The summed E-state index contributed by atoms with van der Waals surface area (Å²) in [4.78, 5) is 11.6. The van der Waals surface area contributed by atoms with E-state index in [1.807, 2.05) is 38.1 Å². The summed E-state index contributed by atoms with van der Waals surface area (Å²) in [6.07, 6.45) is 1.24. The molecule has 0 aliphatic rings. The maximum atomic E-state index is 11.6. The van der Waals surface area contributed by atoms with Gasteiger partial charge in [0.05, 0.1) is 5.41 Å². The van der Waals surface area contributed by atoms with Crippen molar-refractivity contribution in [2.75, 3.05) is 6.61 Å². The van der Waals surface area contributed by atoms with Crippen LogP contribution >= 0.6 is 0 Å².